The molecule has 0 saturated heterocycles. The third kappa shape index (κ3) is 3.96. The first-order valence-corrected chi connectivity index (χ1v) is 6.42. The van der Waals surface area contributed by atoms with Crippen LogP contribution < -0.4 is 5.32 Å². The number of ether oxygens (including phenoxy) is 1. The molecule has 1 aromatic carbocycles. The summed E-state index contributed by atoms with van der Waals surface area (Å²) in [5.74, 6) is 0.481. The highest BCUT2D eigenvalue weighted by Crippen LogP contribution is 2.27. The van der Waals surface area contributed by atoms with E-state index in [4.69, 9.17) is 16.3 Å². The van der Waals surface area contributed by atoms with E-state index in [2.05, 4.69) is 35.1 Å². The van der Waals surface area contributed by atoms with Crippen molar-refractivity contribution in [3.63, 3.8) is 0 Å². The number of nitrogens with one attached hydrogen (secondary N) is 1. The molecule has 1 N–H and O–H groups in total. The SMILES string of the molecule is COCC(Nc1cc(Br)ccc1Cl)C(C)C. The third-order valence-electron chi connectivity index (χ3n) is 2.42. The fourth-order valence-electron chi connectivity index (χ4n) is 1.39. The van der Waals surface area contributed by atoms with Crippen molar-refractivity contribution in [2.75, 3.05) is 19.0 Å². The van der Waals surface area contributed by atoms with Crippen LogP contribution in [0.1, 0.15) is 13.8 Å². The van der Waals surface area contributed by atoms with Crippen molar-refractivity contribution in [3.05, 3.63) is 27.7 Å². The van der Waals surface area contributed by atoms with E-state index in [0.29, 0.717) is 12.5 Å². The van der Waals surface area contributed by atoms with Crippen LogP contribution in [0.25, 0.3) is 0 Å². The van der Waals surface area contributed by atoms with Crippen LogP contribution in [0, 0.1) is 5.92 Å². The van der Waals surface area contributed by atoms with Crippen molar-refractivity contribution in [1.82, 2.24) is 0 Å². The minimum Gasteiger partial charge on any atom is -0.383 e. The Morgan fingerprint density at radius 1 is 1.44 bits per heavy atom. The second-order valence-electron chi connectivity index (χ2n) is 4.07. The lowest BCUT2D eigenvalue weighted by Crippen LogP contribution is -2.30. The summed E-state index contributed by atoms with van der Waals surface area (Å²) >= 11 is 9.55. The van der Waals surface area contributed by atoms with Crippen molar-refractivity contribution in [1.29, 1.82) is 0 Å². The zero-order valence-corrected chi connectivity index (χ0v) is 12.1. The van der Waals surface area contributed by atoms with Gasteiger partial charge in [0, 0.05) is 11.6 Å². The van der Waals surface area contributed by atoms with E-state index in [1.165, 1.54) is 0 Å². The fraction of sp³-hybridized carbons (Fsp3) is 0.500. The molecule has 0 aliphatic heterocycles. The molecule has 0 bridgehead atoms. The van der Waals surface area contributed by atoms with Gasteiger partial charge in [0.2, 0.25) is 0 Å². The molecule has 0 saturated carbocycles. The highest BCUT2D eigenvalue weighted by atomic mass is 79.9. The Morgan fingerprint density at radius 2 is 2.12 bits per heavy atom. The minimum atomic E-state index is 0.261. The van der Waals surface area contributed by atoms with Gasteiger partial charge >= 0.3 is 0 Å². The monoisotopic (exact) mass is 305 g/mol. The maximum Gasteiger partial charge on any atom is 0.0666 e. The molecule has 0 aliphatic rings. The number of benzene rings is 1. The van der Waals surface area contributed by atoms with Gasteiger partial charge in [-0.2, -0.15) is 0 Å². The second kappa shape index (κ2) is 6.48. The summed E-state index contributed by atoms with van der Waals surface area (Å²) in [6, 6.07) is 6.04. The fourth-order valence-corrected chi connectivity index (χ4v) is 1.92. The van der Waals surface area contributed by atoms with Gasteiger partial charge in [-0.25, -0.2) is 0 Å². The number of methoxy groups -OCH3 is 1. The average Bonchev–Trinajstić information content (AvgIpc) is 2.22. The number of hydrogen-bond donors (Lipinski definition) is 1. The van der Waals surface area contributed by atoms with Crippen LogP contribution >= 0.6 is 27.5 Å². The van der Waals surface area contributed by atoms with Gasteiger partial charge < -0.3 is 10.1 Å². The molecule has 90 valence electrons. The van der Waals surface area contributed by atoms with E-state index in [1.807, 2.05) is 18.2 Å². The molecular formula is C12H17BrClNO. The quantitative estimate of drug-likeness (QED) is 0.881. The van der Waals surface area contributed by atoms with Gasteiger partial charge in [-0.3, -0.25) is 0 Å². The molecular weight excluding hydrogens is 289 g/mol. The van der Waals surface area contributed by atoms with Crippen molar-refractivity contribution in [2.45, 2.75) is 19.9 Å². The maximum atomic E-state index is 6.12. The molecule has 16 heavy (non-hydrogen) atoms. The maximum absolute atomic E-state index is 6.12. The van der Waals surface area contributed by atoms with E-state index >= 15 is 0 Å². The smallest absolute Gasteiger partial charge is 0.0666 e. The molecule has 0 aromatic heterocycles. The molecule has 0 amide bonds. The topological polar surface area (TPSA) is 21.3 Å². The van der Waals surface area contributed by atoms with Crippen LogP contribution in [-0.2, 0) is 4.74 Å². The first-order chi connectivity index (χ1) is 7.54. The van der Waals surface area contributed by atoms with Crippen LogP contribution in [0.15, 0.2) is 22.7 Å². The van der Waals surface area contributed by atoms with Gasteiger partial charge in [-0.1, -0.05) is 41.4 Å². The molecule has 0 fully saturated rings. The molecule has 0 radical (unpaired) electrons. The summed E-state index contributed by atoms with van der Waals surface area (Å²) in [4.78, 5) is 0. The lowest BCUT2D eigenvalue weighted by Gasteiger charge is -2.23. The highest BCUT2D eigenvalue weighted by molar-refractivity contribution is 9.10. The number of anilines is 1. The Bertz CT molecular complexity index is 344. The molecule has 1 rings (SSSR count). The number of hydrogen-bond acceptors (Lipinski definition) is 2. The second-order valence-corrected chi connectivity index (χ2v) is 5.40. The largest absolute Gasteiger partial charge is 0.383 e. The average molecular weight is 307 g/mol. The van der Waals surface area contributed by atoms with Gasteiger partial charge in [0.25, 0.3) is 0 Å². The molecule has 2 nitrogen and oxygen atoms in total. The Morgan fingerprint density at radius 3 is 2.69 bits per heavy atom. The molecule has 0 aliphatic carbocycles. The standard InChI is InChI=1S/C12H17BrClNO/c1-8(2)12(7-16-3)15-11-6-9(13)4-5-10(11)14/h4-6,8,12,15H,7H2,1-3H3. The van der Waals surface area contributed by atoms with Crippen LogP contribution in [0.4, 0.5) is 5.69 Å². The predicted molar refractivity (Wildman–Crippen MR) is 73.3 cm³/mol. The summed E-state index contributed by atoms with van der Waals surface area (Å²) in [6.45, 7) is 4.98. The van der Waals surface area contributed by atoms with E-state index in [-0.39, 0.29) is 6.04 Å². The highest BCUT2D eigenvalue weighted by Gasteiger charge is 2.14. The summed E-state index contributed by atoms with van der Waals surface area (Å²) in [6.07, 6.45) is 0. The molecule has 0 spiro atoms. The van der Waals surface area contributed by atoms with Crippen LogP contribution in [-0.4, -0.2) is 19.8 Å². The van der Waals surface area contributed by atoms with Crippen LogP contribution in [0.3, 0.4) is 0 Å². The van der Waals surface area contributed by atoms with E-state index in [0.717, 1.165) is 15.2 Å². The summed E-state index contributed by atoms with van der Waals surface area (Å²) in [5, 5.41) is 4.13. The van der Waals surface area contributed by atoms with E-state index in [9.17, 15) is 0 Å². The minimum absolute atomic E-state index is 0.261. The van der Waals surface area contributed by atoms with Crippen molar-refractivity contribution in [3.8, 4) is 0 Å². The van der Waals surface area contributed by atoms with Crippen LogP contribution in [0.2, 0.25) is 5.02 Å². The predicted octanol–water partition coefficient (Wildman–Crippen LogP) is 4.19. The lowest BCUT2D eigenvalue weighted by atomic mass is 10.1. The van der Waals surface area contributed by atoms with Gasteiger partial charge in [-0.15, -0.1) is 0 Å². The Labute approximate surface area is 110 Å². The Kier molecular flexibility index (Phi) is 5.59. The Hall–Kier alpha value is -0.250. The molecule has 1 unspecified atom stereocenters. The summed E-state index contributed by atoms with van der Waals surface area (Å²) < 4.78 is 6.20. The zero-order valence-electron chi connectivity index (χ0n) is 9.76. The van der Waals surface area contributed by atoms with Gasteiger partial charge in [-0.05, 0) is 24.1 Å². The molecule has 1 atom stereocenters. The molecule has 0 heterocycles. The summed E-state index contributed by atoms with van der Waals surface area (Å²) in [5.41, 5.74) is 0.937. The number of rotatable bonds is 5. The Balaban J connectivity index is 2.80. The normalized spacial score (nSPS) is 12.9. The van der Waals surface area contributed by atoms with Gasteiger partial charge in [0.1, 0.15) is 0 Å². The first-order valence-electron chi connectivity index (χ1n) is 5.25. The van der Waals surface area contributed by atoms with E-state index < -0.39 is 0 Å². The summed E-state index contributed by atoms with van der Waals surface area (Å²) in [7, 11) is 1.71. The number of halogens is 2. The van der Waals surface area contributed by atoms with Crippen molar-refractivity contribution >= 4 is 33.2 Å². The van der Waals surface area contributed by atoms with Gasteiger partial charge in [0.15, 0.2) is 0 Å². The van der Waals surface area contributed by atoms with Crippen LogP contribution in [0.5, 0.6) is 0 Å². The zero-order chi connectivity index (χ0) is 12.1. The van der Waals surface area contributed by atoms with Crippen molar-refractivity contribution < 1.29 is 4.74 Å². The van der Waals surface area contributed by atoms with Crippen molar-refractivity contribution in [2.24, 2.45) is 5.92 Å². The molecule has 1 aromatic rings. The lowest BCUT2D eigenvalue weighted by molar-refractivity contribution is 0.171. The molecule has 4 heteroatoms. The first kappa shape index (κ1) is 13.8. The third-order valence-corrected chi connectivity index (χ3v) is 3.24. The van der Waals surface area contributed by atoms with E-state index in [1.54, 1.807) is 7.11 Å². The van der Waals surface area contributed by atoms with Gasteiger partial charge in [0.05, 0.1) is 23.4 Å².